The Hall–Kier alpha value is -6.89. The maximum Gasteiger partial charge on any atom is 0.203 e. The zero-order valence-corrected chi connectivity index (χ0v) is 33.9. The van der Waals surface area contributed by atoms with Crippen molar-refractivity contribution in [2.45, 2.75) is 27.7 Å². The fraction of sp³-hybridized carbons (Fsp3) is 0.145. The van der Waals surface area contributed by atoms with Gasteiger partial charge in [-0.15, -0.1) is 0 Å². The van der Waals surface area contributed by atoms with Crippen LogP contribution in [0.4, 0.5) is 5.69 Å². The summed E-state index contributed by atoms with van der Waals surface area (Å²) in [7, 11) is 0. The van der Waals surface area contributed by atoms with Gasteiger partial charge in [0.1, 0.15) is 24.4 Å². The van der Waals surface area contributed by atoms with E-state index in [1.165, 1.54) is 44.4 Å². The highest BCUT2D eigenvalue weighted by Crippen LogP contribution is 2.41. The highest BCUT2D eigenvalue weighted by Gasteiger charge is 2.20. The monoisotopic (exact) mass is 753 g/mol. The quantitative estimate of drug-likeness (QED) is 0.0600. The highest BCUT2D eigenvalue weighted by atomic mass is 16.3. The minimum atomic E-state index is 0.890. The third-order valence-electron chi connectivity index (χ3n) is 11.1. The fourth-order valence-electron chi connectivity index (χ4n) is 8.06. The zero-order valence-electron chi connectivity index (χ0n) is 33.9. The minimum absolute atomic E-state index is 0.890. The molecule has 0 radical (unpaired) electrons. The van der Waals surface area contributed by atoms with E-state index in [9.17, 15) is 0 Å². The Balaban J connectivity index is 1.16. The van der Waals surface area contributed by atoms with E-state index in [2.05, 4.69) is 225 Å². The van der Waals surface area contributed by atoms with E-state index in [4.69, 9.17) is 4.42 Å². The van der Waals surface area contributed by atoms with Crippen molar-refractivity contribution in [3.05, 3.63) is 215 Å². The van der Waals surface area contributed by atoms with Gasteiger partial charge in [-0.2, -0.15) is 0 Å². The third-order valence-corrected chi connectivity index (χ3v) is 11.1. The molecule has 0 amide bonds. The number of rotatable bonds is 10. The average Bonchev–Trinajstić information content (AvgIpc) is 3.29. The summed E-state index contributed by atoms with van der Waals surface area (Å²) < 4.78 is 9.07. The second kappa shape index (κ2) is 17.5. The standard InChI is InChI=1S/C55H49N2O/c1-5-56(6-2)47-34-36-49-51(38-47)58-52-39-48(57(7-3)8-4)35-37-50(52)55(49)46-32-28-41(29-33-46)25-24-40-26-30-45(31-27-40)54(44-22-16-11-17-23-44)53(42-18-12-9-13-19-42)43-20-14-10-15-21-43/h9-23,26-39H,5-8H2,1-4H3/q+1. The van der Waals surface area contributed by atoms with Gasteiger partial charge in [0.05, 0.1) is 6.07 Å². The van der Waals surface area contributed by atoms with Crippen LogP contribution in [0.1, 0.15) is 61.1 Å². The smallest absolute Gasteiger partial charge is 0.203 e. The maximum atomic E-state index is 6.71. The number of benzene rings is 7. The van der Waals surface area contributed by atoms with Crippen molar-refractivity contribution >= 4 is 27.8 Å². The number of fused-ring (bicyclic) bond motifs is 2. The SMILES string of the molecule is CCN(CC)c1ccc2c(-c3ccc(C#Cc4ccc(C(=C(c5ccccc5)c5ccccc5)c5ccccc5)cc4)cc3)c3ccc(=[N+](CC)CC)cc-3oc2c1. The van der Waals surface area contributed by atoms with Gasteiger partial charge in [-0.05, 0) is 109 Å². The van der Waals surface area contributed by atoms with Gasteiger partial charge in [-0.25, -0.2) is 4.58 Å². The first-order valence-corrected chi connectivity index (χ1v) is 20.5. The van der Waals surface area contributed by atoms with Gasteiger partial charge < -0.3 is 9.32 Å². The van der Waals surface area contributed by atoms with Crippen LogP contribution in [0.2, 0.25) is 0 Å². The lowest BCUT2D eigenvalue weighted by molar-refractivity contribution is 0.604. The van der Waals surface area contributed by atoms with Crippen LogP contribution in [0, 0.1) is 11.8 Å². The van der Waals surface area contributed by atoms with E-state index in [-0.39, 0.29) is 0 Å². The Bertz CT molecular complexity index is 2730. The molecule has 0 saturated heterocycles. The largest absolute Gasteiger partial charge is 0.456 e. The molecule has 0 saturated carbocycles. The molecule has 0 N–H and O–H groups in total. The second-order valence-electron chi connectivity index (χ2n) is 14.4. The lowest BCUT2D eigenvalue weighted by atomic mass is 9.85. The summed E-state index contributed by atoms with van der Waals surface area (Å²) in [5.41, 5.74) is 14.5. The molecule has 1 heterocycles. The van der Waals surface area contributed by atoms with E-state index in [0.717, 1.165) is 70.7 Å². The number of nitrogens with zero attached hydrogens (tertiary/aromatic N) is 2. The lowest BCUT2D eigenvalue weighted by Gasteiger charge is -2.22. The molecule has 0 unspecified atom stereocenters. The van der Waals surface area contributed by atoms with Crippen molar-refractivity contribution in [2.24, 2.45) is 0 Å². The molecule has 0 bridgehead atoms. The van der Waals surface area contributed by atoms with Crippen molar-refractivity contribution in [1.82, 2.24) is 4.58 Å². The Morgan fingerprint density at radius 1 is 0.517 bits per heavy atom. The minimum Gasteiger partial charge on any atom is -0.456 e. The van der Waals surface area contributed by atoms with E-state index >= 15 is 0 Å². The van der Waals surface area contributed by atoms with Crippen LogP contribution in [0.3, 0.4) is 0 Å². The summed E-state index contributed by atoms with van der Waals surface area (Å²) in [6.07, 6.45) is 0. The van der Waals surface area contributed by atoms with Gasteiger partial charge in [0, 0.05) is 58.5 Å². The summed E-state index contributed by atoms with van der Waals surface area (Å²) in [4.78, 5) is 2.36. The molecular weight excluding hydrogens is 705 g/mol. The summed E-state index contributed by atoms with van der Waals surface area (Å²) in [6.45, 7) is 12.5. The molecule has 6 aromatic carbocycles. The molecule has 0 atom stereocenters. The summed E-state index contributed by atoms with van der Waals surface area (Å²) in [5.74, 6) is 7.78. The number of anilines is 1. The average molecular weight is 754 g/mol. The molecule has 0 fully saturated rings. The first-order chi connectivity index (χ1) is 28.6. The lowest BCUT2D eigenvalue weighted by Crippen LogP contribution is -2.29. The molecule has 2 aliphatic rings. The summed E-state index contributed by atoms with van der Waals surface area (Å²) >= 11 is 0. The van der Waals surface area contributed by atoms with Crippen LogP contribution < -0.4 is 14.8 Å². The van der Waals surface area contributed by atoms with E-state index in [0.29, 0.717) is 0 Å². The van der Waals surface area contributed by atoms with Crippen molar-refractivity contribution in [3.8, 4) is 34.3 Å². The summed E-state index contributed by atoms with van der Waals surface area (Å²) in [6, 6.07) is 62.7. The van der Waals surface area contributed by atoms with E-state index in [1.54, 1.807) is 0 Å². The van der Waals surface area contributed by atoms with Crippen LogP contribution in [0.25, 0.3) is 44.6 Å². The van der Waals surface area contributed by atoms with Crippen molar-refractivity contribution in [2.75, 3.05) is 31.1 Å². The number of hydrogen-bond acceptors (Lipinski definition) is 2. The second-order valence-corrected chi connectivity index (χ2v) is 14.4. The zero-order chi connectivity index (χ0) is 39.8. The van der Waals surface area contributed by atoms with Crippen molar-refractivity contribution < 1.29 is 4.42 Å². The molecule has 3 heteroatoms. The Morgan fingerprint density at radius 3 is 1.52 bits per heavy atom. The van der Waals surface area contributed by atoms with Gasteiger partial charge in [0.2, 0.25) is 5.36 Å². The molecule has 1 aliphatic carbocycles. The Labute approximate surface area is 343 Å². The molecule has 3 nitrogen and oxygen atoms in total. The predicted molar refractivity (Wildman–Crippen MR) is 245 cm³/mol. The highest BCUT2D eigenvalue weighted by molar-refractivity contribution is 6.05. The first kappa shape index (κ1) is 38.0. The Morgan fingerprint density at radius 2 is 1.02 bits per heavy atom. The topological polar surface area (TPSA) is 19.4 Å². The molecule has 58 heavy (non-hydrogen) atoms. The third kappa shape index (κ3) is 7.88. The maximum absolute atomic E-state index is 6.71. The molecule has 0 aromatic heterocycles. The van der Waals surface area contributed by atoms with Gasteiger partial charge in [-0.3, -0.25) is 0 Å². The van der Waals surface area contributed by atoms with Crippen LogP contribution >= 0.6 is 0 Å². The van der Waals surface area contributed by atoms with E-state index in [1.807, 2.05) is 0 Å². The van der Waals surface area contributed by atoms with Crippen LogP contribution in [-0.2, 0) is 0 Å². The van der Waals surface area contributed by atoms with Crippen LogP contribution in [0.5, 0.6) is 0 Å². The van der Waals surface area contributed by atoms with Crippen LogP contribution in [-0.4, -0.2) is 26.2 Å². The molecule has 6 aromatic rings. The van der Waals surface area contributed by atoms with Gasteiger partial charge >= 0.3 is 0 Å². The summed E-state index contributed by atoms with van der Waals surface area (Å²) in [5, 5.41) is 2.27. The normalized spacial score (nSPS) is 10.9. The molecule has 0 spiro atoms. The molecular formula is C55H49N2O+. The molecule has 284 valence electrons. The van der Waals surface area contributed by atoms with Crippen molar-refractivity contribution in [1.29, 1.82) is 0 Å². The van der Waals surface area contributed by atoms with E-state index < -0.39 is 0 Å². The molecule has 1 aliphatic heterocycles. The number of hydrogen-bond donors (Lipinski definition) is 0. The Kier molecular flexibility index (Phi) is 11.5. The predicted octanol–water partition coefficient (Wildman–Crippen LogP) is 12.3. The van der Waals surface area contributed by atoms with Gasteiger partial charge in [0.15, 0.2) is 0 Å². The van der Waals surface area contributed by atoms with Gasteiger partial charge in [0.25, 0.3) is 0 Å². The first-order valence-electron chi connectivity index (χ1n) is 20.5. The van der Waals surface area contributed by atoms with Crippen LogP contribution in [0.15, 0.2) is 180 Å². The van der Waals surface area contributed by atoms with Gasteiger partial charge in [-0.1, -0.05) is 127 Å². The molecule has 8 rings (SSSR count). The fourth-order valence-corrected chi connectivity index (χ4v) is 8.06. The van der Waals surface area contributed by atoms with Crippen molar-refractivity contribution in [3.63, 3.8) is 0 Å².